The molecule has 94 valence electrons. The molecule has 1 aromatic heterocycles. The molecule has 0 atom stereocenters. The molecule has 1 fully saturated rings. The van der Waals surface area contributed by atoms with Crippen LogP contribution >= 0.6 is 0 Å². The normalized spacial score (nSPS) is 16.3. The molecule has 5 nitrogen and oxygen atoms in total. The number of nitrogens with one attached hydrogen (secondary N) is 1. The van der Waals surface area contributed by atoms with E-state index in [-0.39, 0.29) is 0 Å². The van der Waals surface area contributed by atoms with Gasteiger partial charge in [0.2, 0.25) is 5.88 Å². The molecule has 2 rings (SSSR count). The number of piperazine rings is 1. The van der Waals surface area contributed by atoms with Crippen LogP contribution in [-0.2, 0) is 0 Å². The van der Waals surface area contributed by atoms with Crippen LogP contribution in [-0.4, -0.2) is 42.8 Å². The summed E-state index contributed by atoms with van der Waals surface area (Å²) in [5.74, 6) is 2.13. The molecule has 0 unspecified atom stereocenters. The SMILES string of the molecule is CC(C)COc1cc(N2CCNCC2)ncn1. The number of nitrogens with zero attached hydrogens (tertiary/aromatic N) is 3. The van der Waals surface area contributed by atoms with Crippen molar-refractivity contribution in [1.29, 1.82) is 0 Å². The molecular weight excluding hydrogens is 216 g/mol. The van der Waals surface area contributed by atoms with Crippen LogP contribution in [0, 0.1) is 5.92 Å². The van der Waals surface area contributed by atoms with Crippen molar-refractivity contribution in [2.45, 2.75) is 13.8 Å². The topological polar surface area (TPSA) is 50.3 Å². The van der Waals surface area contributed by atoms with Gasteiger partial charge < -0.3 is 15.0 Å². The predicted molar refractivity (Wildman–Crippen MR) is 67.4 cm³/mol. The van der Waals surface area contributed by atoms with Gasteiger partial charge in [0, 0.05) is 32.2 Å². The van der Waals surface area contributed by atoms with Gasteiger partial charge in [-0.3, -0.25) is 0 Å². The van der Waals surface area contributed by atoms with Crippen LogP contribution < -0.4 is 15.0 Å². The summed E-state index contributed by atoms with van der Waals surface area (Å²) in [6, 6.07) is 1.92. The minimum Gasteiger partial charge on any atom is -0.477 e. The first-order chi connectivity index (χ1) is 8.25. The molecule has 0 aliphatic carbocycles. The van der Waals surface area contributed by atoms with Gasteiger partial charge in [-0.05, 0) is 5.92 Å². The van der Waals surface area contributed by atoms with E-state index in [9.17, 15) is 0 Å². The maximum Gasteiger partial charge on any atom is 0.218 e. The predicted octanol–water partition coefficient (Wildman–Crippen LogP) is 0.921. The largest absolute Gasteiger partial charge is 0.477 e. The summed E-state index contributed by atoms with van der Waals surface area (Å²) >= 11 is 0. The van der Waals surface area contributed by atoms with Crippen molar-refractivity contribution < 1.29 is 4.74 Å². The Morgan fingerprint density at radius 3 is 2.82 bits per heavy atom. The number of anilines is 1. The highest BCUT2D eigenvalue weighted by Gasteiger charge is 2.12. The summed E-state index contributed by atoms with van der Waals surface area (Å²) in [4.78, 5) is 10.7. The van der Waals surface area contributed by atoms with E-state index in [1.54, 1.807) is 6.33 Å². The molecule has 1 aliphatic heterocycles. The standard InChI is InChI=1S/C12H20N4O/c1-10(2)8-17-12-7-11(14-9-15-12)16-5-3-13-4-6-16/h7,9-10,13H,3-6,8H2,1-2H3. The Balaban J connectivity index is 2.00. The summed E-state index contributed by atoms with van der Waals surface area (Å²) in [5, 5.41) is 3.32. The van der Waals surface area contributed by atoms with Crippen molar-refractivity contribution in [3.8, 4) is 5.88 Å². The van der Waals surface area contributed by atoms with Crippen LogP contribution in [0.25, 0.3) is 0 Å². The van der Waals surface area contributed by atoms with Gasteiger partial charge in [-0.1, -0.05) is 13.8 Å². The summed E-state index contributed by atoms with van der Waals surface area (Å²) in [7, 11) is 0. The number of aromatic nitrogens is 2. The van der Waals surface area contributed by atoms with Gasteiger partial charge in [0.15, 0.2) is 0 Å². The van der Waals surface area contributed by atoms with Crippen LogP contribution in [0.2, 0.25) is 0 Å². The average Bonchev–Trinajstić information content (AvgIpc) is 2.38. The molecule has 0 bridgehead atoms. The van der Waals surface area contributed by atoms with Crippen LogP contribution in [0.4, 0.5) is 5.82 Å². The number of hydrogen-bond donors (Lipinski definition) is 1. The fourth-order valence-corrected chi connectivity index (χ4v) is 1.73. The van der Waals surface area contributed by atoms with E-state index in [0.717, 1.165) is 32.0 Å². The molecule has 5 heteroatoms. The molecular formula is C12H20N4O. The molecule has 1 saturated heterocycles. The number of hydrogen-bond acceptors (Lipinski definition) is 5. The number of rotatable bonds is 4. The molecule has 0 amide bonds. The molecule has 17 heavy (non-hydrogen) atoms. The molecule has 0 aromatic carbocycles. The zero-order valence-corrected chi connectivity index (χ0v) is 10.5. The first kappa shape index (κ1) is 12.1. The van der Waals surface area contributed by atoms with E-state index >= 15 is 0 Å². The highest BCUT2D eigenvalue weighted by atomic mass is 16.5. The van der Waals surface area contributed by atoms with Crippen molar-refractivity contribution in [3.63, 3.8) is 0 Å². The van der Waals surface area contributed by atoms with E-state index in [2.05, 4.69) is 34.0 Å². The second-order valence-corrected chi connectivity index (χ2v) is 4.66. The maximum atomic E-state index is 5.61. The first-order valence-corrected chi connectivity index (χ1v) is 6.16. The van der Waals surface area contributed by atoms with Crippen LogP contribution in [0.3, 0.4) is 0 Å². The first-order valence-electron chi connectivity index (χ1n) is 6.16. The van der Waals surface area contributed by atoms with Crippen molar-refractivity contribution >= 4 is 5.82 Å². The Hall–Kier alpha value is -1.36. The lowest BCUT2D eigenvalue weighted by Crippen LogP contribution is -2.43. The van der Waals surface area contributed by atoms with E-state index in [1.807, 2.05) is 6.07 Å². The van der Waals surface area contributed by atoms with Crippen LogP contribution in [0.15, 0.2) is 12.4 Å². The van der Waals surface area contributed by atoms with Crippen molar-refractivity contribution in [1.82, 2.24) is 15.3 Å². The summed E-state index contributed by atoms with van der Waals surface area (Å²) in [6.45, 7) is 8.93. The zero-order valence-electron chi connectivity index (χ0n) is 10.5. The Morgan fingerprint density at radius 1 is 1.35 bits per heavy atom. The van der Waals surface area contributed by atoms with E-state index in [4.69, 9.17) is 4.74 Å². The Morgan fingerprint density at radius 2 is 2.12 bits per heavy atom. The Labute approximate surface area is 102 Å². The van der Waals surface area contributed by atoms with E-state index in [1.165, 1.54) is 0 Å². The highest BCUT2D eigenvalue weighted by molar-refractivity contribution is 5.41. The molecule has 1 N–H and O–H groups in total. The quantitative estimate of drug-likeness (QED) is 0.842. The fraction of sp³-hybridized carbons (Fsp3) is 0.667. The molecule has 1 aromatic rings. The Kier molecular flexibility index (Phi) is 4.14. The van der Waals surface area contributed by atoms with Crippen LogP contribution in [0.1, 0.15) is 13.8 Å². The minimum atomic E-state index is 0.507. The monoisotopic (exact) mass is 236 g/mol. The third kappa shape index (κ3) is 3.56. The average molecular weight is 236 g/mol. The third-order valence-corrected chi connectivity index (χ3v) is 2.63. The second kappa shape index (κ2) is 5.82. The fourth-order valence-electron chi connectivity index (χ4n) is 1.73. The zero-order chi connectivity index (χ0) is 12.1. The van der Waals surface area contributed by atoms with Crippen molar-refractivity contribution in [3.05, 3.63) is 12.4 Å². The summed E-state index contributed by atoms with van der Waals surface area (Å²) < 4.78 is 5.61. The summed E-state index contributed by atoms with van der Waals surface area (Å²) in [6.07, 6.45) is 1.58. The lowest BCUT2D eigenvalue weighted by Gasteiger charge is -2.28. The van der Waals surface area contributed by atoms with Crippen molar-refractivity contribution in [2.75, 3.05) is 37.7 Å². The van der Waals surface area contributed by atoms with Crippen molar-refractivity contribution in [2.24, 2.45) is 5.92 Å². The smallest absolute Gasteiger partial charge is 0.218 e. The molecule has 2 heterocycles. The lowest BCUT2D eigenvalue weighted by atomic mass is 10.2. The van der Waals surface area contributed by atoms with Gasteiger partial charge in [0.05, 0.1) is 6.61 Å². The molecule has 0 saturated carbocycles. The van der Waals surface area contributed by atoms with E-state index in [0.29, 0.717) is 18.4 Å². The van der Waals surface area contributed by atoms with Gasteiger partial charge in [0.1, 0.15) is 12.1 Å². The highest BCUT2D eigenvalue weighted by Crippen LogP contribution is 2.16. The molecule has 0 spiro atoms. The minimum absolute atomic E-state index is 0.507. The molecule has 0 radical (unpaired) electrons. The second-order valence-electron chi connectivity index (χ2n) is 4.66. The molecule has 1 aliphatic rings. The van der Waals surface area contributed by atoms with Gasteiger partial charge >= 0.3 is 0 Å². The Bertz CT molecular complexity index is 350. The van der Waals surface area contributed by atoms with Crippen LogP contribution in [0.5, 0.6) is 5.88 Å². The van der Waals surface area contributed by atoms with Gasteiger partial charge in [-0.2, -0.15) is 0 Å². The maximum absolute atomic E-state index is 5.61. The van der Waals surface area contributed by atoms with Gasteiger partial charge in [-0.25, -0.2) is 9.97 Å². The van der Waals surface area contributed by atoms with Gasteiger partial charge in [-0.15, -0.1) is 0 Å². The third-order valence-electron chi connectivity index (χ3n) is 2.63. The van der Waals surface area contributed by atoms with E-state index < -0.39 is 0 Å². The number of ether oxygens (including phenoxy) is 1. The van der Waals surface area contributed by atoms with Gasteiger partial charge in [0.25, 0.3) is 0 Å². The lowest BCUT2D eigenvalue weighted by molar-refractivity contribution is 0.261. The summed E-state index contributed by atoms with van der Waals surface area (Å²) in [5.41, 5.74) is 0.